The van der Waals surface area contributed by atoms with Gasteiger partial charge in [0.1, 0.15) is 12.1 Å². The molecule has 4 aromatic rings. The lowest BCUT2D eigenvalue weighted by Gasteiger charge is -2.08. The van der Waals surface area contributed by atoms with E-state index in [0.717, 1.165) is 15.8 Å². The number of thiazole rings is 1. The number of aromatic nitrogens is 3. The van der Waals surface area contributed by atoms with Gasteiger partial charge in [-0.3, -0.25) is 10.1 Å². The van der Waals surface area contributed by atoms with Crippen LogP contribution in [0.25, 0.3) is 10.2 Å². The zero-order valence-electron chi connectivity index (χ0n) is 14.5. The average molecular weight is 396 g/mol. The van der Waals surface area contributed by atoms with E-state index in [2.05, 4.69) is 25.6 Å². The molecule has 8 nitrogen and oxygen atoms in total. The van der Waals surface area contributed by atoms with Crippen molar-refractivity contribution in [1.29, 1.82) is 0 Å². The predicted molar refractivity (Wildman–Crippen MR) is 106 cm³/mol. The Balaban J connectivity index is 1.69. The standard InChI is InChI=1S/C18H13FN6O2S/c1-10-2-7-13-14(8-10)28-18(23-13)24-17-15(25(26)27)16(20-9-21-17)22-12-5-3-11(19)4-6-12/h2-9H,1H3,(H2,20,21,22,23,24). The first-order chi connectivity index (χ1) is 13.5. The van der Waals surface area contributed by atoms with Gasteiger partial charge in [0, 0.05) is 5.69 Å². The maximum absolute atomic E-state index is 13.1. The molecule has 0 spiro atoms. The van der Waals surface area contributed by atoms with Crippen LogP contribution in [0.4, 0.5) is 32.5 Å². The summed E-state index contributed by atoms with van der Waals surface area (Å²) in [5.74, 6) is -0.400. The molecule has 2 N–H and O–H groups in total. The fourth-order valence-corrected chi connectivity index (χ4v) is 3.55. The van der Waals surface area contributed by atoms with Crippen LogP contribution in [-0.4, -0.2) is 19.9 Å². The Hall–Kier alpha value is -3.66. The molecule has 0 radical (unpaired) electrons. The summed E-state index contributed by atoms with van der Waals surface area (Å²) in [7, 11) is 0. The Morgan fingerprint density at radius 1 is 1.07 bits per heavy atom. The number of hydrogen-bond acceptors (Lipinski definition) is 8. The SMILES string of the molecule is Cc1ccc2nc(Nc3ncnc(Nc4ccc(F)cc4)c3[N+](=O)[O-])sc2c1. The van der Waals surface area contributed by atoms with E-state index in [-0.39, 0.29) is 17.3 Å². The van der Waals surface area contributed by atoms with Crippen molar-refractivity contribution in [2.24, 2.45) is 0 Å². The number of hydrogen-bond donors (Lipinski definition) is 2. The minimum absolute atomic E-state index is 0.00827. The maximum Gasteiger partial charge on any atom is 0.353 e. The monoisotopic (exact) mass is 396 g/mol. The number of halogens is 1. The van der Waals surface area contributed by atoms with Crippen LogP contribution in [0.3, 0.4) is 0 Å². The third-order valence-corrected chi connectivity index (χ3v) is 4.81. The second kappa shape index (κ2) is 7.16. The molecule has 0 saturated carbocycles. The molecule has 10 heteroatoms. The van der Waals surface area contributed by atoms with Crippen molar-refractivity contribution in [3.8, 4) is 0 Å². The molecule has 0 aliphatic rings. The first-order valence-electron chi connectivity index (χ1n) is 8.16. The van der Waals surface area contributed by atoms with Crippen LogP contribution < -0.4 is 10.6 Å². The molecule has 140 valence electrons. The summed E-state index contributed by atoms with van der Waals surface area (Å²) in [6.07, 6.45) is 1.21. The molecule has 4 rings (SSSR count). The molecular weight excluding hydrogens is 383 g/mol. The lowest BCUT2D eigenvalue weighted by molar-refractivity contribution is -0.383. The molecule has 0 aliphatic carbocycles. The summed E-state index contributed by atoms with van der Waals surface area (Å²) >= 11 is 1.37. The van der Waals surface area contributed by atoms with Crippen molar-refractivity contribution in [3.05, 3.63) is 70.3 Å². The summed E-state index contributed by atoms with van der Waals surface area (Å²) in [6.45, 7) is 1.98. The lowest BCUT2D eigenvalue weighted by atomic mass is 10.2. The largest absolute Gasteiger partial charge is 0.353 e. The zero-order valence-corrected chi connectivity index (χ0v) is 15.3. The third kappa shape index (κ3) is 3.58. The predicted octanol–water partition coefficient (Wildman–Crippen LogP) is 4.93. The highest BCUT2D eigenvalue weighted by atomic mass is 32.1. The van der Waals surface area contributed by atoms with E-state index in [9.17, 15) is 14.5 Å². The van der Waals surface area contributed by atoms with Gasteiger partial charge in [-0.25, -0.2) is 19.3 Å². The molecule has 0 atom stereocenters. The fraction of sp³-hybridized carbons (Fsp3) is 0.0556. The molecule has 0 unspecified atom stereocenters. The molecule has 2 aromatic heterocycles. The van der Waals surface area contributed by atoms with Crippen LogP contribution in [0, 0.1) is 22.9 Å². The Labute approximate surface area is 162 Å². The fourth-order valence-electron chi connectivity index (χ4n) is 2.59. The van der Waals surface area contributed by atoms with Gasteiger partial charge >= 0.3 is 5.69 Å². The second-order valence-electron chi connectivity index (χ2n) is 5.92. The van der Waals surface area contributed by atoms with Crippen LogP contribution in [0.1, 0.15) is 5.56 Å². The first kappa shape index (κ1) is 17.7. The quantitative estimate of drug-likeness (QED) is 0.364. The summed E-state index contributed by atoms with van der Waals surface area (Å²) in [5, 5.41) is 17.9. The van der Waals surface area contributed by atoms with Crippen LogP contribution in [0.15, 0.2) is 48.8 Å². The molecular formula is C18H13FN6O2S. The van der Waals surface area contributed by atoms with Crippen molar-refractivity contribution in [1.82, 2.24) is 15.0 Å². The number of anilines is 4. The van der Waals surface area contributed by atoms with E-state index in [1.807, 2.05) is 25.1 Å². The van der Waals surface area contributed by atoms with Gasteiger partial charge in [0.2, 0.25) is 11.6 Å². The highest BCUT2D eigenvalue weighted by Crippen LogP contribution is 2.35. The van der Waals surface area contributed by atoms with Gasteiger partial charge in [0.15, 0.2) is 5.13 Å². The van der Waals surface area contributed by atoms with Gasteiger partial charge in [-0.2, -0.15) is 0 Å². The average Bonchev–Trinajstić information content (AvgIpc) is 3.05. The van der Waals surface area contributed by atoms with E-state index in [4.69, 9.17) is 0 Å². The molecule has 0 amide bonds. The molecule has 2 aromatic carbocycles. The van der Waals surface area contributed by atoms with Gasteiger partial charge in [-0.05, 0) is 48.9 Å². The molecule has 0 aliphatic heterocycles. The van der Waals surface area contributed by atoms with Crippen LogP contribution in [0.5, 0.6) is 0 Å². The molecule has 0 bridgehead atoms. The van der Waals surface area contributed by atoms with Crippen LogP contribution in [-0.2, 0) is 0 Å². The van der Waals surface area contributed by atoms with E-state index in [1.165, 1.54) is 41.9 Å². The van der Waals surface area contributed by atoms with Crippen LogP contribution >= 0.6 is 11.3 Å². The van der Waals surface area contributed by atoms with Crippen LogP contribution in [0.2, 0.25) is 0 Å². The smallest absolute Gasteiger partial charge is 0.334 e. The number of fused-ring (bicyclic) bond motifs is 1. The highest BCUT2D eigenvalue weighted by Gasteiger charge is 2.24. The number of benzene rings is 2. The Morgan fingerprint density at radius 3 is 2.50 bits per heavy atom. The van der Waals surface area contributed by atoms with E-state index in [1.54, 1.807) is 0 Å². The number of nitrogens with one attached hydrogen (secondary N) is 2. The van der Waals surface area contributed by atoms with Gasteiger partial charge in [0.05, 0.1) is 15.1 Å². The second-order valence-corrected chi connectivity index (χ2v) is 6.95. The Morgan fingerprint density at radius 2 is 1.79 bits per heavy atom. The van der Waals surface area contributed by atoms with Crippen molar-refractivity contribution in [2.45, 2.75) is 6.92 Å². The van der Waals surface area contributed by atoms with Crippen molar-refractivity contribution in [3.63, 3.8) is 0 Å². The van der Waals surface area contributed by atoms with E-state index >= 15 is 0 Å². The normalized spacial score (nSPS) is 10.8. The summed E-state index contributed by atoms with van der Waals surface area (Å²) < 4.78 is 14.0. The van der Waals surface area contributed by atoms with Crippen molar-refractivity contribution in [2.75, 3.05) is 10.6 Å². The maximum atomic E-state index is 13.1. The topological polar surface area (TPSA) is 106 Å². The van der Waals surface area contributed by atoms with Crippen molar-refractivity contribution < 1.29 is 9.31 Å². The Bertz CT molecular complexity index is 1180. The zero-order chi connectivity index (χ0) is 19.7. The minimum Gasteiger partial charge on any atom is -0.334 e. The summed E-state index contributed by atoms with van der Waals surface area (Å²) in [6, 6.07) is 11.3. The van der Waals surface area contributed by atoms with Crippen molar-refractivity contribution >= 4 is 49.7 Å². The summed E-state index contributed by atoms with van der Waals surface area (Å²) in [4.78, 5) is 23.5. The first-order valence-corrected chi connectivity index (χ1v) is 8.97. The number of aryl methyl sites for hydroxylation is 1. The minimum atomic E-state index is -0.578. The summed E-state index contributed by atoms with van der Waals surface area (Å²) in [5.41, 5.74) is 2.02. The van der Waals surface area contributed by atoms with E-state index < -0.39 is 10.7 Å². The highest BCUT2D eigenvalue weighted by molar-refractivity contribution is 7.22. The van der Waals surface area contributed by atoms with Gasteiger partial charge in [-0.1, -0.05) is 17.4 Å². The molecule has 0 saturated heterocycles. The lowest BCUT2D eigenvalue weighted by Crippen LogP contribution is -2.05. The number of nitrogens with zero attached hydrogens (tertiary/aromatic N) is 4. The molecule has 2 heterocycles. The van der Waals surface area contributed by atoms with Gasteiger partial charge in [0.25, 0.3) is 0 Å². The Kier molecular flexibility index (Phi) is 4.53. The molecule has 0 fully saturated rings. The van der Waals surface area contributed by atoms with Gasteiger partial charge < -0.3 is 10.6 Å². The third-order valence-electron chi connectivity index (χ3n) is 3.88. The number of nitro groups is 1. The number of rotatable bonds is 5. The molecule has 28 heavy (non-hydrogen) atoms. The van der Waals surface area contributed by atoms with Gasteiger partial charge in [-0.15, -0.1) is 0 Å². The van der Waals surface area contributed by atoms with E-state index in [0.29, 0.717) is 10.8 Å².